The van der Waals surface area contributed by atoms with E-state index in [0.29, 0.717) is 17.7 Å². The van der Waals surface area contributed by atoms with E-state index in [9.17, 15) is 21.6 Å². The summed E-state index contributed by atoms with van der Waals surface area (Å²) in [5.74, 6) is -0.345. The topological polar surface area (TPSA) is 101 Å². The van der Waals surface area contributed by atoms with E-state index in [2.05, 4.69) is 5.32 Å². The van der Waals surface area contributed by atoms with Crippen molar-refractivity contribution in [2.45, 2.75) is 24.3 Å². The van der Waals surface area contributed by atoms with E-state index in [-0.39, 0.29) is 16.8 Å². The van der Waals surface area contributed by atoms with Gasteiger partial charge in [-0.05, 0) is 42.3 Å². The third kappa shape index (κ3) is 5.32. The van der Waals surface area contributed by atoms with Gasteiger partial charge in [0, 0.05) is 18.9 Å². The normalized spacial score (nSPS) is 13.0. The molecule has 0 aliphatic rings. The van der Waals surface area contributed by atoms with Gasteiger partial charge in [0.25, 0.3) is 5.91 Å². The molecule has 0 saturated heterocycles. The highest BCUT2D eigenvalue weighted by molar-refractivity contribution is 7.92. The lowest BCUT2D eigenvalue weighted by Gasteiger charge is -2.20. The lowest BCUT2D eigenvalue weighted by atomic mass is 10.0. The van der Waals surface area contributed by atoms with E-state index in [1.165, 1.54) is 25.2 Å². The molecular weight excluding hydrogens is 400 g/mol. The van der Waals surface area contributed by atoms with Crippen LogP contribution in [-0.4, -0.2) is 42.3 Å². The van der Waals surface area contributed by atoms with Crippen molar-refractivity contribution >= 4 is 31.5 Å². The number of amides is 1. The molecule has 0 aliphatic heterocycles. The molecule has 0 saturated carbocycles. The second-order valence-electron chi connectivity index (χ2n) is 6.56. The average molecular weight is 425 g/mol. The highest BCUT2D eigenvalue weighted by Crippen LogP contribution is 2.21. The van der Waals surface area contributed by atoms with Crippen molar-refractivity contribution in [1.29, 1.82) is 0 Å². The Morgan fingerprint density at radius 1 is 1.04 bits per heavy atom. The van der Waals surface area contributed by atoms with Gasteiger partial charge in [-0.15, -0.1) is 0 Å². The van der Waals surface area contributed by atoms with Gasteiger partial charge >= 0.3 is 0 Å². The monoisotopic (exact) mass is 424 g/mol. The van der Waals surface area contributed by atoms with Gasteiger partial charge in [0.2, 0.25) is 10.0 Å². The zero-order chi connectivity index (χ0) is 21.1. The Hall–Kier alpha value is -2.39. The average Bonchev–Trinajstić information content (AvgIpc) is 2.64. The van der Waals surface area contributed by atoms with Crippen LogP contribution in [0.2, 0.25) is 0 Å². The lowest BCUT2D eigenvalue weighted by molar-refractivity contribution is 0.0935. The predicted octanol–water partition coefficient (Wildman–Crippen LogP) is 2.37. The maximum absolute atomic E-state index is 12.7. The number of hydrogen-bond acceptors (Lipinski definition) is 5. The summed E-state index contributed by atoms with van der Waals surface area (Å²) >= 11 is 0. The molecule has 0 heterocycles. The molecule has 9 heteroatoms. The summed E-state index contributed by atoms with van der Waals surface area (Å²) < 4.78 is 47.7. The Kier molecular flexibility index (Phi) is 6.51. The molecule has 0 aromatic heterocycles. The Labute approximate surface area is 166 Å². The predicted molar refractivity (Wildman–Crippen MR) is 110 cm³/mol. The summed E-state index contributed by atoms with van der Waals surface area (Å²) in [4.78, 5) is 12.9. The molecular formula is C19H24N2O5S2. The van der Waals surface area contributed by atoms with E-state index >= 15 is 0 Å². The molecule has 2 aromatic rings. The Morgan fingerprint density at radius 3 is 2.14 bits per heavy atom. The first-order chi connectivity index (χ1) is 12.9. The fourth-order valence-electron chi connectivity index (χ4n) is 2.64. The summed E-state index contributed by atoms with van der Waals surface area (Å²) in [7, 11) is -5.30. The number of nitrogens with one attached hydrogen (secondary N) is 1. The van der Waals surface area contributed by atoms with Crippen molar-refractivity contribution in [2.24, 2.45) is 0 Å². The molecule has 0 spiro atoms. The van der Waals surface area contributed by atoms with Crippen LogP contribution in [0.4, 0.5) is 5.69 Å². The van der Waals surface area contributed by atoms with Crippen molar-refractivity contribution in [1.82, 2.24) is 5.32 Å². The van der Waals surface area contributed by atoms with E-state index in [1.54, 1.807) is 30.3 Å². The molecule has 0 radical (unpaired) electrons. The first-order valence-corrected chi connectivity index (χ1v) is 12.3. The van der Waals surface area contributed by atoms with E-state index in [1.807, 2.05) is 6.92 Å². The number of nitrogens with zero attached hydrogens (tertiary/aromatic N) is 1. The molecule has 28 heavy (non-hydrogen) atoms. The standard InChI is InChI=1S/C19H24N2O5S2/c1-5-18(14-9-11-17(12-10-14)27(3,23)24)20-19(22)15-7-6-8-16(13-15)21(2)28(4,25)26/h6-13,18H,5H2,1-4H3,(H,20,22)/t18-/m1/s1. The maximum Gasteiger partial charge on any atom is 0.251 e. The number of carbonyl (C=O) groups is 1. The van der Waals surface area contributed by atoms with Crippen LogP contribution in [0.25, 0.3) is 0 Å². The van der Waals surface area contributed by atoms with Crippen LogP contribution >= 0.6 is 0 Å². The van der Waals surface area contributed by atoms with Gasteiger partial charge < -0.3 is 5.32 Å². The van der Waals surface area contributed by atoms with Crippen LogP contribution in [-0.2, 0) is 19.9 Å². The highest BCUT2D eigenvalue weighted by atomic mass is 32.2. The van der Waals surface area contributed by atoms with Crippen molar-refractivity contribution in [3.05, 3.63) is 59.7 Å². The first-order valence-electron chi connectivity index (χ1n) is 8.58. The number of benzene rings is 2. The summed E-state index contributed by atoms with van der Waals surface area (Å²) in [6.07, 6.45) is 2.83. The second kappa shape index (κ2) is 8.32. The zero-order valence-electron chi connectivity index (χ0n) is 16.2. The van der Waals surface area contributed by atoms with Gasteiger partial charge in [0.15, 0.2) is 9.84 Å². The minimum Gasteiger partial charge on any atom is -0.345 e. The Balaban J connectivity index is 2.23. The number of hydrogen-bond donors (Lipinski definition) is 1. The summed E-state index contributed by atoms with van der Waals surface area (Å²) in [6.45, 7) is 1.91. The quantitative estimate of drug-likeness (QED) is 0.735. The zero-order valence-corrected chi connectivity index (χ0v) is 17.8. The van der Waals surface area contributed by atoms with Crippen molar-refractivity contribution in [3.63, 3.8) is 0 Å². The van der Waals surface area contributed by atoms with Crippen molar-refractivity contribution < 1.29 is 21.6 Å². The third-order valence-electron chi connectivity index (χ3n) is 4.39. The number of carbonyl (C=O) groups excluding carboxylic acids is 1. The van der Waals surface area contributed by atoms with Crippen LogP contribution in [0.15, 0.2) is 53.4 Å². The molecule has 1 atom stereocenters. The third-order valence-corrected chi connectivity index (χ3v) is 6.73. The maximum atomic E-state index is 12.7. The van der Waals surface area contributed by atoms with Crippen LogP contribution in [0.5, 0.6) is 0 Å². The fraction of sp³-hybridized carbons (Fsp3) is 0.316. The molecule has 1 N–H and O–H groups in total. The minimum absolute atomic E-state index is 0.217. The largest absolute Gasteiger partial charge is 0.345 e. The molecule has 0 aliphatic carbocycles. The van der Waals surface area contributed by atoms with Crippen LogP contribution in [0.1, 0.15) is 35.3 Å². The molecule has 0 bridgehead atoms. The Morgan fingerprint density at radius 2 is 1.64 bits per heavy atom. The number of rotatable bonds is 7. The van der Waals surface area contributed by atoms with Crippen molar-refractivity contribution in [2.75, 3.05) is 23.9 Å². The van der Waals surface area contributed by atoms with Crippen LogP contribution < -0.4 is 9.62 Å². The molecule has 0 fully saturated rings. The van der Waals surface area contributed by atoms with Crippen LogP contribution in [0, 0.1) is 0 Å². The molecule has 2 rings (SSSR count). The molecule has 152 valence electrons. The smallest absolute Gasteiger partial charge is 0.251 e. The van der Waals surface area contributed by atoms with E-state index in [4.69, 9.17) is 0 Å². The highest BCUT2D eigenvalue weighted by Gasteiger charge is 2.17. The molecule has 1 amide bonds. The van der Waals surface area contributed by atoms with Gasteiger partial charge in [-0.25, -0.2) is 16.8 Å². The Bertz CT molecular complexity index is 1060. The van der Waals surface area contributed by atoms with Crippen LogP contribution in [0.3, 0.4) is 0 Å². The summed E-state index contributed by atoms with van der Waals surface area (Å²) in [5, 5.41) is 2.91. The SMILES string of the molecule is CC[C@@H](NC(=O)c1cccc(N(C)S(C)(=O)=O)c1)c1ccc(S(C)(=O)=O)cc1. The van der Waals surface area contributed by atoms with E-state index in [0.717, 1.165) is 22.4 Å². The second-order valence-corrected chi connectivity index (χ2v) is 10.6. The van der Waals surface area contributed by atoms with Gasteiger partial charge in [-0.1, -0.05) is 25.1 Å². The number of sulfonamides is 1. The van der Waals surface area contributed by atoms with Crippen molar-refractivity contribution in [3.8, 4) is 0 Å². The number of sulfone groups is 1. The van der Waals surface area contributed by atoms with E-state index < -0.39 is 19.9 Å². The van der Waals surface area contributed by atoms with Gasteiger partial charge in [-0.2, -0.15) is 0 Å². The summed E-state index contributed by atoms with van der Waals surface area (Å²) in [5.41, 5.74) is 1.51. The first kappa shape index (κ1) is 21.9. The van der Waals surface area contributed by atoms with Gasteiger partial charge in [0.1, 0.15) is 0 Å². The molecule has 2 aromatic carbocycles. The summed E-state index contributed by atoms with van der Waals surface area (Å²) in [6, 6.07) is 12.4. The van der Waals surface area contributed by atoms with Gasteiger partial charge in [-0.3, -0.25) is 9.10 Å². The lowest BCUT2D eigenvalue weighted by Crippen LogP contribution is -2.29. The minimum atomic E-state index is -3.43. The fourth-order valence-corrected chi connectivity index (χ4v) is 3.77. The molecule has 0 unspecified atom stereocenters. The van der Waals surface area contributed by atoms with Gasteiger partial charge in [0.05, 0.1) is 22.9 Å². The molecule has 7 nitrogen and oxygen atoms in total. The number of anilines is 1.